The minimum Gasteiger partial charge on any atom is -0.496 e. The summed E-state index contributed by atoms with van der Waals surface area (Å²) in [5, 5.41) is 3.48. The van der Waals surface area contributed by atoms with Crippen LogP contribution in [0.3, 0.4) is 0 Å². The number of nitrogens with one attached hydrogen (secondary N) is 1. The summed E-state index contributed by atoms with van der Waals surface area (Å²) in [5.41, 5.74) is 4.74. The van der Waals surface area contributed by atoms with Gasteiger partial charge in [-0.2, -0.15) is 0 Å². The highest BCUT2D eigenvalue weighted by Gasteiger charge is 2.07. The average Bonchev–Trinajstić information content (AvgIpc) is 2.76. The molecule has 0 heterocycles. The quantitative estimate of drug-likeness (QED) is 0.443. The Morgan fingerprint density at radius 3 is 2.33 bits per heavy atom. The zero-order valence-electron chi connectivity index (χ0n) is 17.8. The summed E-state index contributed by atoms with van der Waals surface area (Å²) < 4.78 is 16.9. The Labute approximate surface area is 185 Å². The second kappa shape index (κ2) is 12.1. The van der Waals surface area contributed by atoms with Crippen LogP contribution in [-0.2, 0) is 19.6 Å². The van der Waals surface area contributed by atoms with Crippen molar-refractivity contribution in [2.45, 2.75) is 26.5 Å². The number of methoxy groups -OCH3 is 2. The molecule has 5 heteroatoms. The lowest BCUT2D eigenvalue weighted by atomic mass is 10.1. The number of para-hydroxylation sites is 1. The fraction of sp³-hybridized carbons (Fsp3) is 0.280. The summed E-state index contributed by atoms with van der Waals surface area (Å²) in [4.78, 5) is 0. The van der Waals surface area contributed by atoms with Crippen molar-refractivity contribution < 1.29 is 14.2 Å². The molecule has 0 saturated carbocycles. The molecule has 3 rings (SSSR count). The lowest BCUT2D eigenvalue weighted by Crippen LogP contribution is -2.17. The molecule has 0 aliphatic rings. The summed E-state index contributed by atoms with van der Waals surface area (Å²) in [6.07, 6.45) is 0.916. The molecule has 0 unspecified atom stereocenters. The molecule has 0 saturated heterocycles. The number of hydrogen-bond donors (Lipinski definition) is 1. The lowest BCUT2D eigenvalue weighted by molar-refractivity contribution is 0.284. The van der Waals surface area contributed by atoms with Crippen molar-refractivity contribution in [1.29, 1.82) is 0 Å². The molecule has 160 valence electrons. The molecule has 0 atom stereocenters. The van der Waals surface area contributed by atoms with E-state index in [1.165, 1.54) is 11.1 Å². The maximum atomic E-state index is 5.97. The maximum Gasteiger partial charge on any atom is 0.161 e. The van der Waals surface area contributed by atoms with Gasteiger partial charge >= 0.3 is 0 Å². The minimum atomic E-state index is 0. The van der Waals surface area contributed by atoms with E-state index in [0.717, 1.165) is 47.9 Å². The molecule has 3 aromatic carbocycles. The van der Waals surface area contributed by atoms with Gasteiger partial charge in [-0.25, -0.2) is 0 Å². The molecule has 0 radical (unpaired) electrons. The Morgan fingerprint density at radius 1 is 0.767 bits per heavy atom. The van der Waals surface area contributed by atoms with Crippen LogP contribution in [0.4, 0.5) is 0 Å². The van der Waals surface area contributed by atoms with E-state index in [1.54, 1.807) is 14.2 Å². The van der Waals surface area contributed by atoms with Crippen LogP contribution >= 0.6 is 12.4 Å². The zero-order valence-corrected chi connectivity index (χ0v) is 18.6. The van der Waals surface area contributed by atoms with E-state index in [9.17, 15) is 0 Å². The topological polar surface area (TPSA) is 39.7 Å². The van der Waals surface area contributed by atoms with Crippen molar-refractivity contribution in [2.24, 2.45) is 0 Å². The molecule has 0 amide bonds. The molecular weight excluding hydrogens is 398 g/mol. The van der Waals surface area contributed by atoms with Crippen molar-refractivity contribution in [2.75, 3.05) is 20.8 Å². The van der Waals surface area contributed by atoms with Crippen LogP contribution in [0.1, 0.15) is 22.3 Å². The van der Waals surface area contributed by atoms with Gasteiger partial charge in [0.25, 0.3) is 0 Å². The van der Waals surface area contributed by atoms with Gasteiger partial charge in [0.2, 0.25) is 0 Å². The number of halogens is 1. The maximum absolute atomic E-state index is 5.97. The van der Waals surface area contributed by atoms with Gasteiger partial charge in [-0.1, -0.05) is 54.1 Å². The highest BCUT2D eigenvalue weighted by atomic mass is 35.5. The summed E-state index contributed by atoms with van der Waals surface area (Å²) in [5.74, 6) is 2.44. The van der Waals surface area contributed by atoms with Gasteiger partial charge in [-0.3, -0.25) is 0 Å². The third-order valence-corrected chi connectivity index (χ3v) is 4.80. The summed E-state index contributed by atoms with van der Waals surface area (Å²) in [6.45, 7) is 4.24. The summed E-state index contributed by atoms with van der Waals surface area (Å²) in [7, 11) is 3.38. The standard InChI is InChI=1S/C25H29NO3.ClH/c1-19-7-6-8-21(15-19)18-29-24-12-11-20(16-25(24)28-3)17-26-14-13-22-9-4-5-10-23(22)27-2;/h4-12,15-16,26H,13-14,17-18H2,1-3H3;1H. The lowest BCUT2D eigenvalue weighted by Gasteiger charge is -2.13. The van der Waals surface area contributed by atoms with Crippen LogP contribution < -0.4 is 19.5 Å². The molecule has 0 aliphatic carbocycles. The molecule has 0 fully saturated rings. The van der Waals surface area contributed by atoms with Crippen molar-refractivity contribution in [3.8, 4) is 17.2 Å². The Balaban J connectivity index is 0.00000320. The van der Waals surface area contributed by atoms with Crippen molar-refractivity contribution in [3.63, 3.8) is 0 Å². The van der Waals surface area contributed by atoms with E-state index >= 15 is 0 Å². The second-order valence-corrected chi connectivity index (χ2v) is 7.00. The largest absolute Gasteiger partial charge is 0.496 e. The van der Waals surface area contributed by atoms with Gasteiger partial charge < -0.3 is 19.5 Å². The molecule has 30 heavy (non-hydrogen) atoms. The Morgan fingerprint density at radius 2 is 1.57 bits per heavy atom. The molecule has 0 aliphatic heterocycles. The van der Waals surface area contributed by atoms with E-state index < -0.39 is 0 Å². The first kappa shape index (κ1) is 23.6. The average molecular weight is 428 g/mol. The molecule has 1 N–H and O–H groups in total. The fourth-order valence-corrected chi connectivity index (χ4v) is 3.27. The first-order valence-corrected chi connectivity index (χ1v) is 9.87. The molecule has 4 nitrogen and oxygen atoms in total. The van der Waals surface area contributed by atoms with Gasteiger partial charge in [-0.05, 0) is 54.8 Å². The zero-order chi connectivity index (χ0) is 20.5. The van der Waals surface area contributed by atoms with Gasteiger partial charge in [0.1, 0.15) is 12.4 Å². The number of rotatable bonds is 10. The highest BCUT2D eigenvalue weighted by Crippen LogP contribution is 2.29. The predicted octanol–water partition coefficient (Wildman–Crippen LogP) is 5.35. The van der Waals surface area contributed by atoms with E-state index in [1.807, 2.05) is 36.4 Å². The smallest absolute Gasteiger partial charge is 0.161 e. The van der Waals surface area contributed by atoms with Crippen LogP contribution in [0.2, 0.25) is 0 Å². The predicted molar refractivity (Wildman–Crippen MR) is 124 cm³/mol. The molecule has 3 aromatic rings. The van der Waals surface area contributed by atoms with Gasteiger partial charge in [0, 0.05) is 6.54 Å². The van der Waals surface area contributed by atoms with Crippen LogP contribution in [0.25, 0.3) is 0 Å². The SMILES string of the molecule is COc1ccccc1CCNCc1ccc(OCc2cccc(C)c2)c(OC)c1.Cl. The molecule has 0 aromatic heterocycles. The number of hydrogen-bond acceptors (Lipinski definition) is 4. The third kappa shape index (κ3) is 6.68. The number of ether oxygens (including phenoxy) is 3. The van der Waals surface area contributed by atoms with Crippen LogP contribution in [0, 0.1) is 6.92 Å². The van der Waals surface area contributed by atoms with Crippen LogP contribution in [-0.4, -0.2) is 20.8 Å². The number of benzene rings is 3. The Kier molecular flexibility index (Phi) is 9.52. The first-order chi connectivity index (χ1) is 14.2. The van der Waals surface area contributed by atoms with Crippen molar-refractivity contribution in [1.82, 2.24) is 5.32 Å². The first-order valence-electron chi connectivity index (χ1n) is 9.87. The minimum absolute atomic E-state index is 0. The summed E-state index contributed by atoms with van der Waals surface area (Å²) in [6, 6.07) is 22.5. The highest BCUT2D eigenvalue weighted by molar-refractivity contribution is 5.85. The molecule has 0 bridgehead atoms. The van der Waals surface area contributed by atoms with E-state index in [2.05, 4.69) is 42.6 Å². The van der Waals surface area contributed by atoms with Gasteiger partial charge in [0.05, 0.1) is 14.2 Å². The summed E-state index contributed by atoms with van der Waals surface area (Å²) >= 11 is 0. The fourth-order valence-electron chi connectivity index (χ4n) is 3.27. The van der Waals surface area contributed by atoms with Gasteiger partial charge in [-0.15, -0.1) is 12.4 Å². The Hall–Kier alpha value is -2.69. The Bertz CT molecular complexity index is 930. The second-order valence-electron chi connectivity index (χ2n) is 7.00. The van der Waals surface area contributed by atoms with Crippen molar-refractivity contribution >= 4 is 12.4 Å². The third-order valence-electron chi connectivity index (χ3n) is 4.80. The molecular formula is C25H30ClNO3. The molecule has 0 spiro atoms. The monoisotopic (exact) mass is 427 g/mol. The van der Waals surface area contributed by atoms with Gasteiger partial charge in [0.15, 0.2) is 11.5 Å². The van der Waals surface area contributed by atoms with E-state index in [4.69, 9.17) is 14.2 Å². The van der Waals surface area contributed by atoms with Crippen LogP contribution in [0.5, 0.6) is 17.2 Å². The van der Waals surface area contributed by atoms with Crippen molar-refractivity contribution in [3.05, 3.63) is 89.0 Å². The van der Waals surface area contributed by atoms with E-state index in [0.29, 0.717) is 6.61 Å². The van der Waals surface area contributed by atoms with Crippen LogP contribution in [0.15, 0.2) is 66.7 Å². The van der Waals surface area contributed by atoms with E-state index in [-0.39, 0.29) is 12.4 Å². The normalized spacial score (nSPS) is 10.2. The number of aryl methyl sites for hydroxylation is 1.